The third kappa shape index (κ3) is 2.52. The number of hydrogen-bond donors (Lipinski definition) is 2. The van der Waals surface area contributed by atoms with Gasteiger partial charge in [-0.2, -0.15) is 4.98 Å². The van der Waals surface area contributed by atoms with Crippen LogP contribution in [-0.2, 0) is 0 Å². The molecule has 1 atom stereocenters. The lowest BCUT2D eigenvalue weighted by Crippen LogP contribution is -2.22. The predicted octanol–water partition coefficient (Wildman–Crippen LogP) is 2.37. The second-order valence-electron chi connectivity index (χ2n) is 3.87. The molecule has 4 heteroatoms. The smallest absolute Gasteiger partial charge is 0.295 e. The predicted molar refractivity (Wildman–Crippen MR) is 65.4 cm³/mol. The number of hydrogen-bond acceptors (Lipinski definition) is 4. The number of nitrogens with two attached hydrogens (primary N) is 1. The number of nitrogens with one attached hydrogen (secondary N) is 1. The molecule has 0 amide bonds. The molecule has 0 saturated heterocycles. The number of fused-ring (bicyclic) bond motifs is 1. The highest BCUT2D eigenvalue weighted by Crippen LogP contribution is 2.17. The summed E-state index contributed by atoms with van der Waals surface area (Å²) in [7, 11) is 0. The van der Waals surface area contributed by atoms with E-state index in [0.29, 0.717) is 6.01 Å². The third-order valence-corrected chi connectivity index (χ3v) is 2.61. The van der Waals surface area contributed by atoms with Gasteiger partial charge in [-0.05, 0) is 25.0 Å². The highest BCUT2D eigenvalue weighted by Gasteiger charge is 2.04. The Hall–Kier alpha value is -1.55. The largest absolute Gasteiger partial charge is 0.424 e. The van der Waals surface area contributed by atoms with Crippen LogP contribution in [-0.4, -0.2) is 17.6 Å². The van der Waals surface area contributed by atoms with Crippen LogP contribution in [0.2, 0.25) is 0 Å². The first-order valence-corrected chi connectivity index (χ1v) is 5.64. The van der Waals surface area contributed by atoms with Crippen LogP contribution in [0, 0.1) is 0 Å². The lowest BCUT2D eigenvalue weighted by molar-refractivity contribution is 0.585. The van der Waals surface area contributed by atoms with Crippen molar-refractivity contribution in [2.75, 3.05) is 11.9 Å². The first kappa shape index (κ1) is 11.0. The Bertz CT molecular complexity index is 419. The molecule has 16 heavy (non-hydrogen) atoms. The van der Waals surface area contributed by atoms with E-state index in [1.165, 1.54) is 0 Å². The van der Waals surface area contributed by atoms with Crippen molar-refractivity contribution in [3.63, 3.8) is 0 Å². The van der Waals surface area contributed by atoms with Gasteiger partial charge >= 0.3 is 0 Å². The molecule has 0 aliphatic rings. The van der Waals surface area contributed by atoms with Crippen LogP contribution in [0.1, 0.15) is 19.8 Å². The summed E-state index contributed by atoms with van der Waals surface area (Å²) >= 11 is 0. The molecule has 0 fully saturated rings. The Kier molecular flexibility index (Phi) is 3.41. The van der Waals surface area contributed by atoms with Crippen molar-refractivity contribution in [2.24, 2.45) is 5.73 Å². The molecule has 0 bridgehead atoms. The Morgan fingerprint density at radius 1 is 1.44 bits per heavy atom. The molecule has 0 aliphatic heterocycles. The zero-order valence-corrected chi connectivity index (χ0v) is 9.44. The van der Waals surface area contributed by atoms with E-state index in [1.807, 2.05) is 24.3 Å². The van der Waals surface area contributed by atoms with E-state index in [4.69, 9.17) is 10.2 Å². The van der Waals surface area contributed by atoms with Gasteiger partial charge in [-0.15, -0.1) is 0 Å². The van der Waals surface area contributed by atoms with E-state index in [0.717, 1.165) is 30.5 Å². The zero-order valence-electron chi connectivity index (χ0n) is 9.44. The van der Waals surface area contributed by atoms with E-state index in [9.17, 15) is 0 Å². The van der Waals surface area contributed by atoms with Crippen molar-refractivity contribution in [3.05, 3.63) is 24.3 Å². The number of oxazole rings is 1. The van der Waals surface area contributed by atoms with Gasteiger partial charge < -0.3 is 15.5 Å². The lowest BCUT2D eigenvalue weighted by Gasteiger charge is -2.07. The molecule has 0 aliphatic carbocycles. The van der Waals surface area contributed by atoms with Gasteiger partial charge in [0.25, 0.3) is 6.01 Å². The maximum Gasteiger partial charge on any atom is 0.295 e. The van der Waals surface area contributed by atoms with Crippen LogP contribution in [0.4, 0.5) is 6.01 Å². The van der Waals surface area contributed by atoms with Crippen molar-refractivity contribution < 1.29 is 4.42 Å². The first-order valence-electron chi connectivity index (χ1n) is 5.64. The Morgan fingerprint density at radius 3 is 3.00 bits per heavy atom. The fourth-order valence-corrected chi connectivity index (χ4v) is 1.52. The number of aromatic nitrogens is 1. The molecule has 86 valence electrons. The van der Waals surface area contributed by atoms with Crippen molar-refractivity contribution in [3.8, 4) is 0 Å². The minimum Gasteiger partial charge on any atom is -0.424 e. The van der Waals surface area contributed by atoms with Gasteiger partial charge in [0.1, 0.15) is 5.52 Å². The van der Waals surface area contributed by atoms with Crippen molar-refractivity contribution in [1.82, 2.24) is 4.98 Å². The Labute approximate surface area is 94.8 Å². The van der Waals surface area contributed by atoms with Crippen LogP contribution in [0.15, 0.2) is 28.7 Å². The van der Waals surface area contributed by atoms with Crippen LogP contribution in [0.25, 0.3) is 11.1 Å². The number of para-hydroxylation sites is 2. The van der Waals surface area contributed by atoms with E-state index in [-0.39, 0.29) is 6.04 Å². The topological polar surface area (TPSA) is 64.1 Å². The molecule has 4 nitrogen and oxygen atoms in total. The van der Waals surface area contributed by atoms with Gasteiger partial charge in [-0.25, -0.2) is 0 Å². The minimum atomic E-state index is 0.247. The van der Waals surface area contributed by atoms with Gasteiger partial charge in [-0.1, -0.05) is 19.1 Å². The summed E-state index contributed by atoms with van der Waals surface area (Å²) in [6.45, 7) is 2.88. The first-order chi connectivity index (χ1) is 7.79. The molecule has 1 aromatic heterocycles. The average Bonchev–Trinajstić information content (AvgIpc) is 2.71. The molecule has 0 radical (unpaired) electrons. The second kappa shape index (κ2) is 4.99. The number of nitrogens with zero attached hydrogens (tertiary/aromatic N) is 1. The highest BCUT2D eigenvalue weighted by atomic mass is 16.4. The molecular weight excluding hydrogens is 202 g/mol. The molecule has 0 saturated carbocycles. The van der Waals surface area contributed by atoms with Gasteiger partial charge in [0.05, 0.1) is 0 Å². The molecular formula is C12H17N3O. The minimum absolute atomic E-state index is 0.247. The van der Waals surface area contributed by atoms with E-state index in [2.05, 4.69) is 17.2 Å². The molecule has 3 N–H and O–H groups in total. The van der Waals surface area contributed by atoms with Crippen molar-refractivity contribution in [2.45, 2.75) is 25.8 Å². The number of benzene rings is 1. The molecule has 0 spiro atoms. The Morgan fingerprint density at radius 2 is 2.25 bits per heavy atom. The standard InChI is InChI=1S/C12H17N3O/c1-2-9(13)7-8-14-12-15-10-5-3-4-6-11(10)16-12/h3-6,9H,2,7-8,13H2,1H3,(H,14,15). The molecule has 1 aromatic carbocycles. The molecule has 2 aromatic rings. The third-order valence-electron chi connectivity index (χ3n) is 2.61. The van der Waals surface area contributed by atoms with Gasteiger partial charge in [0.2, 0.25) is 0 Å². The van der Waals surface area contributed by atoms with Gasteiger partial charge in [0, 0.05) is 12.6 Å². The fraction of sp³-hybridized carbons (Fsp3) is 0.417. The second-order valence-corrected chi connectivity index (χ2v) is 3.87. The van der Waals surface area contributed by atoms with Crippen molar-refractivity contribution in [1.29, 1.82) is 0 Å². The number of anilines is 1. The molecule has 1 heterocycles. The Balaban J connectivity index is 1.94. The van der Waals surface area contributed by atoms with Crippen molar-refractivity contribution >= 4 is 17.1 Å². The number of rotatable bonds is 5. The van der Waals surface area contributed by atoms with E-state index >= 15 is 0 Å². The monoisotopic (exact) mass is 219 g/mol. The highest BCUT2D eigenvalue weighted by molar-refractivity contribution is 5.74. The van der Waals surface area contributed by atoms with E-state index < -0.39 is 0 Å². The SMILES string of the molecule is CCC(N)CCNc1nc2ccccc2o1. The summed E-state index contributed by atoms with van der Waals surface area (Å²) in [6, 6.07) is 8.54. The summed E-state index contributed by atoms with van der Waals surface area (Å²) in [5, 5.41) is 3.14. The van der Waals surface area contributed by atoms with Crippen LogP contribution in [0.3, 0.4) is 0 Å². The maximum atomic E-state index is 5.82. The lowest BCUT2D eigenvalue weighted by atomic mass is 10.2. The summed E-state index contributed by atoms with van der Waals surface area (Å²) in [6.07, 6.45) is 1.92. The molecule has 2 rings (SSSR count). The summed E-state index contributed by atoms with van der Waals surface area (Å²) in [5.41, 5.74) is 7.51. The quantitative estimate of drug-likeness (QED) is 0.810. The van der Waals surface area contributed by atoms with E-state index in [1.54, 1.807) is 0 Å². The van der Waals surface area contributed by atoms with Gasteiger partial charge in [-0.3, -0.25) is 0 Å². The summed E-state index contributed by atoms with van der Waals surface area (Å²) in [4.78, 5) is 4.32. The normalized spacial score (nSPS) is 12.9. The average molecular weight is 219 g/mol. The zero-order chi connectivity index (χ0) is 11.4. The maximum absolute atomic E-state index is 5.82. The van der Waals surface area contributed by atoms with Crippen LogP contribution in [0.5, 0.6) is 0 Å². The summed E-state index contributed by atoms with van der Waals surface area (Å²) < 4.78 is 5.52. The van der Waals surface area contributed by atoms with Crippen LogP contribution < -0.4 is 11.1 Å². The molecule has 1 unspecified atom stereocenters. The van der Waals surface area contributed by atoms with Crippen LogP contribution >= 0.6 is 0 Å². The summed E-state index contributed by atoms with van der Waals surface area (Å²) in [5.74, 6) is 0. The van der Waals surface area contributed by atoms with Gasteiger partial charge in [0.15, 0.2) is 5.58 Å². The fourth-order valence-electron chi connectivity index (χ4n) is 1.52.